The van der Waals surface area contributed by atoms with Crippen LogP contribution in [0.25, 0.3) is 10.8 Å². The second-order valence-electron chi connectivity index (χ2n) is 7.43. The van der Waals surface area contributed by atoms with Gasteiger partial charge in [0.15, 0.2) is 5.96 Å². The van der Waals surface area contributed by atoms with Gasteiger partial charge >= 0.3 is 0 Å². The van der Waals surface area contributed by atoms with Crippen molar-refractivity contribution in [2.45, 2.75) is 32.6 Å². The maximum absolute atomic E-state index is 11.6. The van der Waals surface area contributed by atoms with Gasteiger partial charge in [-0.05, 0) is 48.4 Å². The number of benzene rings is 2. The molecule has 5 nitrogen and oxygen atoms in total. The molecule has 0 spiro atoms. The van der Waals surface area contributed by atoms with Crippen LogP contribution < -0.4 is 10.6 Å². The highest BCUT2D eigenvalue weighted by Gasteiger charge is 2.23. The Labute approximate surface area is 168 Å². The van der Waals surface area contributed by atoms with Crippen LogP contribution in [0.1, 0.15) is 31.7 Å². The second kappa shape index (κ2) is 10.1. The summed E-state index contributed by atoms with van der Waals surface area (Å²) in [6.07, 6.45) is 3.66. The molecule has 0 saturated carbocycles. The van der Waals surface area contributed by atoms with E-state index in [9.17, 15) is 4.79 Å². The lowest BCUT2D eigenvalue weighted by Gasteiger charge is -2.34. The van der Waals surface area contributed by atoms with Gasteiger partial charge in [0.1, 0.15) is 0 Å². The Morgan fingerprint density at radius 2 is 1.89 bits per heavy atom. The summed E-state index contributed by atoms with van der Waals surface area (Å²) >= 11 is 0. The van der Waals surface area contributed by atoms with E-state index in [1.807, 2.05) is 0 Å². The van der Waals surface area contributed by atoms with Crippen molar-refractivity contribution in [2.75, 3.05) is 33.2 Å². The van der Waals surface area contributed by atoms with Crippen LogP contribution in [0.15, 0.2) is 47.5 Å². The van der Waals surface area contributed by atoms with Crippen molar-refractivity contribution in [1.82, 2.24) is 15.5 Å². The molecule has 5 heteroatoms. The molecule has 1 aliphatic rings. The number of nitrogens with zero attached hydrogens (tertiary/aromatic N) is 2. The molecule has 1 amide bonds. The number of carbonyl (C=O) groups excluding carboxylic acids is 1. The summed E-state index contributed by atoms with van der Waals surface area (Å²) < 4.78 is 0. The van der Waals surface area contributed by atoms with Crippen molar-refractivity contribution < 1.29 is 4.79 Å². The fourth-order valence-electron chi connectivity index (χ4n) is 3.93. The van der Waals surface area contributed by atoms with Crippen LogP contribution in [-0.2, 0) is 11.2 Å². The predicted octanol–water partition coefficient (Wildman–Crippen LogP) is 3.20. The molecule has 2 aromatic carbocycles. The van der Waals surface area contributed by atoms with Crippen molar-refractivity contribution in [3.8, 4) is 0 Å². The molecule has 1 heterocycles. The van der Waals surface area contributed by atoms with E-state index in [0.29, 0.717) is 12.3 Å². The highest BCUT2D eigenvalue weighted by Crippen LogP contribution is 2.21. The van der Waals surface area contributed by atoms with Crippen LogP contribution in [-0.4, -0.2) is 50.0 Å². The maximum Gasteiger partial charge on any atom is 0.220 e. The average molecular weight is 381 g/mol. The van der Waals surface area contributed by atoms with Crippen LogP contribution in [0, 0.1) is 5.92 Å². The molecular formula is C23H32N4O. The molecule has 1 saturated heterocycles. The van der Waals surface area contributed by atoms with Crippen molar-refractivity contribution in [3.05, 3.63) is 48.0 Å². The van der Waals surface area contributed by atoms with Gasteiger partial charge in [-0.2, -0.15) is 0 Å². The molecule has 0 radical (unpaired) electrons. The van der Waals surface area contributed by atoms with E-state index in [4.69, 9.17) is 4.99 Å². The summed E-state index contributed by atoms with van der Waals surface area (Å²) in [7, 11) is 1.71. The first kappa shape index (κ1) is 20.2. The SMILES string of the molecule is CCNC(=NCCc1cccc2ccccc12)N1CCC(CC(=O)NC)CC1. The lowest BCUT2D eigenvalue weighted by Crippen LogP contribution is -2.46. The lowest BCUT2D eigenvalue weighted by molar-refractivity contribution is -0.121. The minimum atomic E-state index is 0.147. The van der Waals surface area contributed by atoms with Crippen LogP contribution in [0.2, 0.25) is 0 Å². The Morgan fingerprint density at radius 1 is 1.14 bits per heavy atom. The van der Waals surface area contributed by atoms with Crippen LogP contribution >= 0.6 is 0 Å². The summed E-state index contributed by atoms with van der Waals surface area (Å²) in [5.74, 6) is 1.63. The molecular weight excluding hydrogens is 348 g/mol. The molecule has 2 N–H and O–H groups in total. The zero-order valence-corrected chi connectivity index (χ0v) is 17.1. The third-order valence-electron chi connectivity index (χ3n) is 5.52. The number of piperidine rings is 1. The highest BCUT2D eigenvalue weighted by molar-refractivity contribution is 5.85. The van der Waals surface area contributed by atoms with Gasteiger partial charge < -0.3 is 15.5 Å². The summed E-state index contributed by atoms with van der Waals surface area (Å²) in [6.45, 7) is 5.67. The van der Waals surface area contributed by atoms with Crippen LogP contribution in [0.3, 0.4) is 0 Å². The van der Waals surface area contributed by atoms with Crippen LogP contribution in [0.4, 0.5) is 0 Å². The number of aliphatic imine (C=N–C) groups is 1. The number of likely N-dealkylation sites (tertiary alicyclic amines) is 1. The number of amides is 1. The number of hydrogen-bond acceptors (Lipinski definition) is 2. The number of fused-ring (bicyclic) bond motifs is 1. The number of hydrogen-bond donors (Lipinski definition) is 2. The van der Waals surface area contributed by atoms with Gasteiger partial charge in [0.05, 0.1) is 0 Å². The number of rotatable bonds is 6. The van der Waals surface area contributed by atoms with Gasteiger partial charge in [-0.3, -0.25) is 9.79 Å². The first-order valence-corrected chi connectivity index (χ1v) is 10.4. The third kappa shape index (κ3) is 5.24. The Balaban J connectivity index is 1.59. The zero-order chi connectivity index (χ0) is 19.8. The smallest absolute Gasteiger partial charge is 0.220 e. The molecule has 0 bridgehead atoms. The fraction of sp³-hybridized carbons (Fsp3) is 0.478. The molecule has 150 valence electrons. The number of carbonyl (C=O) groups is 1. The Kier molecular flexibility index (Phi) is 7.29. The minimum absolute atomic E-state index is 0.147. The van der Waals surface area contributed by atoms with E-state index in [2.05, 4.69) is 64.9 Å². The topological polar surface area (TPSA) is 56.7 Å². The van der Waals surface area contributed by atoms with Gasteiger partial charge in [-0.1, -0.05) is 42.5 Å². The summed E-state index contributed by atoms with van der Waals surface area (Å²) in [6, 6.07) is 15.0. The molecule has 0 unspecified atom stereocenters. The summed E-state index contributed by atoms with van der Waals surface area (Å²) in [5.41, 5.74) is 1.35. The third-order valence-corrected chi connectivity index (χ3v) is 5.52. The number of nitrogens with one attached hydrogen (secondary N) is 2. The van der Waals surface area contributed by atoms with E-state index in [1.54, 1.807) is 7.05 Å². The Hall–Kier alpha value is -2.56. The summed E-state index contributed by atoms with van der Waals surface area (Å²) in [5, 5.41) is 8.78. The van der Waals surface area contributed by atoms with Gasteiger partial charge in [-0.15, -0.1) is 0 Å². The standard InChI is InChI=1S/C23H32N4O/c1-3-25-23(27-15-12-18(13-16-27)17-22(28)24-2)26-14-11-20-9-6-8-19-7-4-5-10-21(19)20/h4-10,18H,3,11-17H2,1-2H3,(H,24,28)(H,25,26). The van der Waals surface area contributed by atoms with E-state index in [-0.39, 0.29) is 5.91 Å². The molecule has 0 atom stereocenters. The average Bonchev–Trinajstić information content (AvgIpc) is 2.74. The first-order chi connectivity index (χ1) is 13.7. The minimum Gasteiger partial charge on any atom is -0.359 e. The van der Waals surface area contributed by atoms with Gasteiger partial charge in [0.2, 0.25) is 5.91 Å². The largest absolute Gasteiger partial charge is 0.359 e. The Morgan fingerprint density at radius 3 is 2.64 bits per heavy atom. The molecule has 0 aliphatic carbocycles. The van der Waals surface area contributed by atoms with Crippen LogP contribution in [0.5, 0.6) is 0 Å². The second-order valence-corrected chi connectivity index (χ2v) is 7.43. The lowest BCUT2D eigenvalue weighted by atomic mass is 9.93. The van der Waals surface area contributed by atoms with Crippen molar-refractivity contribution in [3.63, 3.8) is 0 Å². The Bertz CT molecular complexity index is 804. The molecule has 28 heavy (non-hydrogen) atoms. The van der Waals surface area contributed by atoms with E-state index in [0.717, 1.165) is 51.4 Å². The van der Waals surface area contributed by atoms with Gasteiger partial charge in [0, 0.05) is 39.6 Å². The number of guanidine groups is 1. The quantitative estimate of drug-likeness (QED) is 0.598. The molecule has 1 fully saturated rings. The van der Waals surface area contributed by atoms with E-state index in [1.165, 1.54) is 16.3 Å². The van der Waals surface area contributed by atoms with E-state index < -0.39 is 0 Å². The van der Waals surface area contributed by atoms with Crippen molar-refractivity contribution in [1.29, 1.82) is 0 Å². The normalized spacial score (nSPS) is 15.6. The fourth-order valence-corrected chi connectivity index (χ4v) is 3.93. The molecule has 0 aromatic heterocycles. The molecule has 3 rings (SSSR count). The maximum atomic E-state index is 11.6. The monoisotopic (exact) mass is 380 g/mol. The van der Waals surface area contributed by atoms with Gasteiger partial charge in [-0.25, -0.2) is 0 Å². The molecule has 1 aliphatic heterocycles. The van der Waals surface area contributed by atoms with E-state index >= 15 is 0 Å². The van der Waals surface area contributed by atoms with Gasteiger partial charge in [0.25, 0.3) is 0 Å². The van der Waals surface area contributed by atoms with Crippen molar-refractivity contribution >= 4 is 22.6 Å². The summed E-state index contributed by atoms with van der Waals surface area (Å²) in [4.78, 5) is 18.8. The predicted molar refractivity (Wildman–Crippen MR) is 117 cm³/mol. The molecule has 2 aromatic rings. The highest BCUT2D eigenvalue weighted by atomic mass is 16.1. The first-order valence-electron chi connectivity index (χ1n) is 10.4. The van der Waals surface area contributed by atoms with Crippen molar-refractivity contribution in [2.24, 2.45) is 10.9 Å². The zero-order valence-electron chi connectivity index (χ0n) is 17.1.